The lowest BCUT2D eigenvalue weighted by Gasteiger charge is -2.19. The lowest BCUT2D eigenvalue weighted by Crippen LogP contribution is -2.32. The van der Waals surface area contributed by atoms with Crippen molar-refractivity contribution < 1.29 is 19.0 Å². The number of para-hydroxylation sites is 4. The Bertz CT molecular complexity index is 943. The van der Waals surface area contributed by atoms with Gasteiger partial charge >= 0.3 is 0 Å². The number of ether oxygens (including phenoxy) is 3. The van der Waals surface area contributed by atoms with Crippen LogP contribution in [0.1, 0.15) is 18.9 Å². The Hall–Kier alpha value is -3.47. The van der Waals surface area contributed by atoms with E-state index in [-0.39, 0.29) is 5.91 Å². The van der Waals surface area contributed by atoms with Crippen molar-refractivity contribution >= 4 is 11.6 Å². The molecular weight excluding hydrogens is 378 g/mol. The van der Waals surface area contributed by atoms with Crippen molar-refractivity contribution in [3.63, 3.8) is 0 Å². The van der Waals surface area contributed by atoms with Crippen LogP contribution in [0.2, 0.25) is 0 Å². The van der Waals surface area contributed by atoms with E-state index >= 15 is 0 Å². The summed E-state index contributed by atoms with van der Waals surface area (Å²) in [5.41, 5.74) is 1.60. The fourth-order valence-corrected chi connectivity index (χ4v) is 2.90. The normalized spacial score (nSPS) is 11.4. The van der Waals surface area contributed by atoms with E-state index in [1.54, 1.807) is 0 Å². The standard InChI is InChI=1S/C25H27NO4/c1-3-22(30-23-15-9-7-11-19(23)2)25(27)26-21-14-8-10-16-24(21)29-18-17-28-20-12-5-4-6-13-20/h4-16,22H,3,17-18H2,1-2H3,(H,26,27). The molecule has 1 N–H and O–H groups in total. The molecule has 0 bridgehead atoms. The average molecular weight is 405 g/mol. The van der Waals surface area contributed by atoms with Crippen LogP contribution in [0.15, 0.2) is 78.9 Å². The summed E-state index contributed by atoms with van der Waals surface area (Å²) in [5.74, 6) is 1.88. The zero-order valence-corrected chi connectivity index (χ0v) is 17.3. The number of carbonyl (C=O) groups is 1. The molecule has 3 aromatic rings. The first-order valence-corrected chi connectivity index (χ1v) is 10.1. The zero-order valence-electron chi connectivity index (χ0n) is 17.3. The molecule has 5 nitrogen and oxygen atoms in total. The maximum absolute atomic E-state index is 12.8. The number of anilines is 1. The van der Waals surface area contributed by atoms with Gasteiger partial charge in [0, 0.05) is 0 Å². The summed E-state index contributed by atoms with van der Waals surface area (Å²) in [6, 6.07) is 24.6. The quantitative estimate of drug-likeness (QED) is 0.468. The van der Waals surface area contributed by atoms with Crippen molar-refractivity contribution in [2.45, 2.75) is 26.4 Å². The van der Waals surface area contributed by atoms with Gasteiger partial charge in [0.1, 0.15) is 30.5 Å². The molecule has 0 saturated carbocycles. The maximum Gasteiger partial charge on any atom is 0.265 e. The highest BCUT2D eigenvalue weighted by Crippen LogP contribution is 2.25. The van der Waals surface area contributed by atoms with Gasteiger partial charge in [0.15, 0.2) is 6.10 Å². The Morgan fingerprint density at radius 2 is 1.47 bits per heavy atom. The van der Waals surface area contributed by atoms with Gasteiger partial charge in [-0.25, -0.2) is 0 Å². The predicted molar refractivity (Wildman–Crippen MR) is 118 cm³/mol. The first-order valence-electron chi connectivity index (χ1n) is 10.1. The fraction of sp³-hybridized carbons (Fsp3) is 0.240. The Balaban J connectivity index is 1.57. The van der Waals surface area contributed by atoms with Crippen molar-refractivity contribution in [1.82, 2.24) is 0 Å². The minimum absolute atomic E-state index is 0.211. The van der Waals surface area contributed by atoms with Crippen LogP contribution in [0, 0.1) is 6.92 Å². The van der Waals surface area contributed by atoms with Crippen molar-refractivity contribution in [3.05, 3.63) is 84.4 Å². The zero-order chi connectivity index (χ0) is 21.2. The van der Waals surface area contributed by atoms with Crippen molar-refractivity contribution in [2.24, 2.45) is 0 Å². The van der Waals surface area contributed by atoms with Gasteiger partial charge in [-0.15, -0.1) is 0 Å². The molecule has 156 valence electrons. The fourth-order valence-electron chi connectivity index (χ4n) is 2.90. The number of amides is 1. The summed E-state index contributed by atoms with van der Waals surface area (Å²) in [6.07, 6.45) is -0.0470. The molecule has 0 aromatic heterocycles. The highest BCUT2D eigenvalue weighted by atomic mass is 16.5. The molecule has 1 amide bonds. The summed E-state index contributed by atoms with van der Waals surface area (Å²) < 4.78 is 17.4. The lowest BCUT2D eigenvalue weighted by molar-refractivity contribution is -0.122. The molecule has 0 aliphatic rings. The van der Waals surface area contributed by atoms with Gasteiger partial charge in [0.2, 0.25) is 0 Å². The average Bonchev–Trinajstić information content (AvgIpc) is 2.78. The van der Waals surface area contributed by atoms with Gasteiger partial charge in [-0.1, -0.05) is 55.5 Å². The second-order valence-corrected chi connectivity index (χ2v) is 6.78. The summed E-state index contributed by atoms with van der Waals surface area (Å²) in [5, 5.41) is 2.93. The summed E-state index contributed by atoms with van der Waals surface area (Å²) in [4.78, 5) is 12.8. The number of hydrogen-bond acceptors (Lipinski definition) is 4. The number of nitrogens with one attached hydrogen (secondary N) is 1. The summed E-state index contributed by atoms with van der Waals surface area (Å²) >= 11 is 0. The molecule has 0 heterocycles. The second kappa shape index (κ2) is 10.9. The minimum Gasteiger partial charge on any atom is -0.490 e. The smallest absolute Gasteiger partial charge is 0.265 e. The molecule has 0 aliphatic heterocycles. The van der Waals surface area contributed by atoms with E-state index in [1.165, 1.54) is 0 Å². The van der Waals surface area contributed by atoms with Crippen LogP contribution in [0.4, 0.5) is 5.69 Å². The van der Waals surface area contributed by atoms with Crippen LogP contribution >= 0.6 is 0 Å². The third-order valence-electron chi connectivity index (χ3n) is 4.52. The maximum atomic E-state index is 12.8. The molecule has 30 heavy (non-hydrogen) atoms. The Morgan fingerprint density at radius 1 is 0.833 bits per heavy atom. The molecule has 0 spiro atoms. The van der Waals surface area contributed by atoms with Gasteiger partial charge < -0.3 is 19.5 Å². The van der Waals surface area contributed by atoms with Gasteiger partial charge in [-0.3, -0.25) is 4.79 Å². The lowest BCUT2D eigenvalue weighted by atomic mass is 10.2. The van der Waals surface area contributed by atoms with Crippen LogP contribution in [0.3, 0.4) is 0 Å². The molecule has 0 fully saturated rings. The molecule has 3 rings (SSSR count). The number of hydrogen-bond donors (Lipinski definition) is 1. The first kappa shape index (κ1) is 21.2. The first-order chi connectivity index (χ1) is 14.7. The molecule has 3 aromatic carbocycles. The molecule has 0 radical (unpaired) electrons. The predicted octanol–water partition coefficient (Wildman–Crippen LogP) is 5.25. The molecule has 1 atom stereocenters. The van der Waals surface area contributed by atoms with Gasteiger partial charge in [0.25, 0.3) is 5.91 Å². The number of aryl methyl sites for hydroxylation is 1. The third-order valence-corrected chi connectivity index (χ3v) is 4.52. The third kappa shape index (κ3) is 6.01. The SMILES string of the molecule is CCC(Oc1ccccc1C)C(=O)Nc1ccccc1OCCOc1ccccc1. The van der Waals surface area contributed by atoms with E-state index in [1.807, 2.05) is 92.7 Å². The van der Waals surface area contributed by atoms with E-state index < -0.39 is 6.10 Å². The van der Waals surface area contributed by atoms with Gasteiger partial charge in [-0.2, -0.15) is 0 Å². The van der Waals surface area contributed by atoms with Crippen molar-refractivity contribution in [2.75, 3.05) is 18.5 Å². The minimum atomic E-state index is -0.597. The Labute approximate surface area is 177 Å². The van der Waals surface area contributed by atoms with E-state index in [9.17, 15) is 4.79 Å². The molecule has 1 unspecified atom stereocenters. The van der Waals surface area contributed by atoms with Gasteiger partial charge in [-0.05, 0) is 49.2 Å². The Morgan fingerprint density at radius 3 is 2.20 bits per heavy atom. The monoisotopic (exact) mass is 405 g/mol. The molecular formula is C25H27NO4. The van der Waals surface area contributed by atoms with Crippen molar-refractivity contribution in [3.8, 4) is 17.2 Å². The van der Waals surface area contributed by atoms with Gasteiger partial charge in [0.05, 0.1) is 5.69 Å². The van der Waals surface area contributed by atoms with Crippen LogP contribution in [-0.2, 0) is 4.79 Å². The number of benzene rings is 3. The largest absolute Gasteiger partial charge is 0.490 e. The van der Waals surface area contributed by atoms with Crippen LogP contribution < -0.4 is 19.5 Å². The van der Waals surface area contributed by atoms with Crippen LogP contribution in [-0.4, -0.2) is 25.2 Å². The second-order valence-electron chi connectivity index (χ2n) is 6.78. The van der Waals surface area contributed by atoms with Crippen LogP contribution in [0.25, 0.3) is 0 Å². The highest BCUT2D eigenvalue weighted by molar-refractivity contribution is 5.95. The number of carbonyl (C=O) groups excluding carboxylic acids is 1. The van der Waals surface area contributed by atoms with E-state index in [2.05, 4.69) is 5.32 Å². The Kier molecular flexibility index (Phi) is 7.72. The molecule has 5 heteroatoms. The summed E-state index contributed by atoms with van der Waals surface area (Å²) in [6.45, 7) is 4.64. The van der Waals surface area contributed by atoms with E-state index in [0.717, 1.165) is 11.3 Å². The van der Waals surface area contributed by atoms with Crippen LogP contribution in [0.5, 0.6) is 17.2 Å². The molecule has 0 saturated heterocycles. The number of rotatable bonds is 10. The van der Waals surface area contributed by atoms with Crippen molar-refractivity contribution in [1.29, 1.82) is 0 Å². The van der Waals surface area contributed by atoms with E-state index in [4.69, 9.17) is 14.2 Å². The van der Waals surface area contributed by atoms with E-state index in [0.29, 0.717) is 36.8 Å². The summed E-state index contributed by atoms with van der Waals surface area (Å²) in [7, 11) is 0. The topological polar surface area (TPSA) is 56.8 Å². The molecule has 0 aliphatic carbocycles. The highest BCUT2D eigenvalue weighted by Gasteiger charge is 2.20.